The van der Waals surface area contributed by atoms with Gasteiger partial charge >= 0.3 is 5.97 Å². The number of rotatable bonds is 5. The number of aliphatic carboxylic acids is 1. The summed E-state index contributed by atoms with van der Waals surface area (Å²) in [6.07, 6.45) is 3.86. The van der Waals surface area contributed by atoms with Crippen molar-refractivity contribution in [2.24, 2.45) is 5.92 Å². The topological polar surface area (TPSA) is 66.8 Å². The minimum Gasteiger partial charge on any atom is -0.481 e. The van der Waals surface area contributed by atoms with Crippen LogP contribution in [0.15, 0.2) is 0 Å². The number of carbonyl (C=O) groups is 1. The van der Waals surface area contributed by atoms with E-state index in [0.717, 1.165) is 12.8 Å². The predicted octanol–water partition coefficient (Wildman–Crippen LogP) is 1.81. The molecule has 94 valence electrons. The van der Waals surface area contributed by atoms with Crippen LogP contribution in [-0.4, -0.2) is 34.5 Å². The van der Waals surface area contributed by atoms with Crippen molar-refractivity contribution >= 4 is 5.97 Å². The minimum atomic E-state index is -0.685. The van der Waals surface area contributed by atoms with Gasteiger partial charge in [0.1, 0.15) is 0 Å². The molecule has 4 heteroatoms. The van der Waals surface area contributed by atoms with Crippen LogP contribution in [0.25, 0.3) is 0 Å². The summed E-state index contributed by atoms with van der Waals surface area (Å²) in [4.78, 5) is 10.7. The molecule has 1 saturated carbocycles. The number of hydrogen-bond acceptors (Lipinski definition) is 3. The van der Waals surface area contributed by atoms with Crippen molar-refractivity contribution in [3.8, 4) is 0 Å². The van der Waals surface area contributed by atoms with Crippen molar-refractivity contribution in [1.82, 2.24) is 0 Å². The second-order valence-corrected chi connectivity index (χ2v) is 5.25. The maximum atomic E-state index is 10.7. The second kappa shape index (κ2) is 5.64. The standard InChI is InChI=1S/C12H22O4/c1-12(2,15)7-8-16-10-5-3-9(4-6-10)11(13)14/h9-10,15H,3-8H2,1-2H3,(H,13,14). The van der Waals surface area contributed by atoms with Gasteiger partial charge in [0.15, 0.2) is 0 Å². The predicted molar refractivity (Wildman–Crippen MR) is 60.2 cm³/mol. The Morgan fingerprint density at radius 1 is 1.31 bits per heavy atom. The van der Waals surface area contributed by atoms with Crippen molar-refractivity contribution in [2.45, 2.75) is 57.7 Å². The van der Waals surface area contributed by atoms with Gasteiger partial charge in [0.2, 0.25) is 0 Å². The third-order valence-corrected chi connectivity index (χ3v) is 3.09. The molecular weight excluding hydrogens is 208 g/mol. The van der Waals surface area contributed by atoms with Crippen molar-refractivity contribution in [3.63, 3.8) is 0 Å². The van der Waals surface area contributed by atoms with Gasteiger partial charge < -0.3 is 14.9 Å². The first kappa shape index (κ1) is 13.5. The summed E-state index contributed by atoms with van der Waals surface area (Å²) in [5, 5.41) is 18.3. The van der Waals surface area contributed by atoms with Gasteiger partial charge in [-0.25, -0.2) is 0 Å². The average molecular weight is 230 g/mol. The van der Waals surface area contributed by atoms with E-state index < -0.39 is 11.6 Å². The fraction of sp³-hybridized carbons (Fsp3) is 0.917. The molecule has 1 aliphatic rings. The largest absolute Gasteiger partial charge is 0.481 e. The number of hydrogen-bond donors (Lipinski definition) is 2. The van der Waals surface area contributed by atoms with Gasteiger partial charge in [0, 0.05) is 6.61 Å². The van der Waals surface area contributed by atoms with Gasteiger partial charge in [0.25, 0.3) is 0 Å². The Morgan fingerprint density at radius 3 is 2.31 bits per heavy atom. The third-order valence-electron chi connectivity index (χ3n) is 3.09. The van der Waals surface area contributed by atoms with Gasteiger partial charge in [-0.15, -0.1) is 0 Å². The van der Waals surface area contributed by atoms with Crippen molar-refractivity contribution in [3.05, 3.63) is 0 Å². The lowest BCUT2D eigenvalue weighted by molar-refractivity contribution is -0.143. The zero-order chi connectivity index (χ0) is 12.2. The Labute approximate surface area is 96.6 Å². The van der Waals surface area contributed by atoms with Crippen LogP contribution in [0.4, 0.5) is 0 Å². The lowest BCUT2D eigenvalue weighted by Crippen LogP contribution is -2.28. The highest BCUT2D eigenvalue weighted by atomic mass is 16.5. The van der Waals surface area contributed by atoms with Crippen LogP contribution in [0.3, 0.4) is 0 Å². The number of carboxylic acids is 1. The average Bonchev–Trinajstić information content (AvgIpc) is 2.16. The SMILES string of the molecule is CC(C)(O)CCOC1CCC(C(=O)O)CC1. The van der Waals surface area contributed by atoms with Crippen molar-refractivity contribution in [1.29, 1.82) is 0 Å². The molecule has 0 aliphatic heterocycles. The highest BCUT2D eigenvalue weighted by molar-refractivity contribution is 5.69. The molecule has 0 aromatic carbocycles. The number of carboxylic acid groups (broad SMARTS) is 1. The molecule has 0 radical (unpaired) electrons. The number of ether oxygens (including phenoxy) is 1. The smallest absolute Gasteiger partial charge is 0.306 e. The fourth-order valence-corrected chi connectivity index (χ4v) is 1.95. The van der Waals surface area contributed by atoms with Gasteiger partial charge in [0.05, 0.1) is 17.6 Å². The summed E-state index contributed by atoms with van der Waals surface area (Å²) in [7, 11) is 0. The first-order chi connectivity index (χ1) is 7.38. The van der Waals surface area contributed by atoms with Crippen LogP contribution in [0.1, 0.15) is 46.0 Å². The summed E-state index contributed by atoms with van der Waals surface area (Å²) >= 11 is 0. The van der Waals surface area contributed by atoms with Gasteiger partial charge in [-0.3, -0.25) is 4.79 Å². The minimum absolute atomic E-state index is 0.179. The van der Waals surface area contributed by atoms with Crippen LogP contribution < -0.4 is 0 Å². The Balaban J connectivity index is 2.15. The Bertz CT molecular complexity index is 224. The summed E-state index contributed by atoms with van der Waals surface area (Å²) < 4.78 is 5.63. The van der Waals surface area contributed by atoms with E-state index in [-0.39, 0.29) is 12.0 Å². The molecule has 1 fully saturated rings. The number of aliphatic hydroxyl groups is 1. The molecule has 0 aromatic heterocycles. The molecule has 4 nitrogen and oxygen atoms in total. The van der Waals surface area contributed by atoms with Crippen LogP contribution in [0.2, 0.25) is 0 Å². The first-order valence-electron chi connectivity index (χ1n) is 5.95. The normalized spacial score (nSPS) is 26.7. The zero-order valence-corrected chi connectivity index (χ0v) is 10.1. The molecule has 0 atom stereocenters. The molecule has 1 rings (SSSR count). The molecule has 0 unspecified atom stereocenters. The van der Waals surface area contributed by atoms with E-state index in [9.17, 15) is 9.90 Å². The second-order valence-electron chi connectivity index (χ2n) is 5.25. The third kappa shape index (κ3) is 4.94. The van der Waals surface area contributed by atoms with E-state index in [0.29, 0.717) is 25.9 Å². The van der Waals surface area contributed by atoms with Gasteiger partial charge in [-0.1, -0.05) is 0 Å². The quantitative estimate of drug-likeness (QED) is 0.756. The lowest BCUT2D eigenvalue weighted by Gasteiger charge is -2.27. The highest BCUT2D eigenvalue weighted by Crippen LogP contribution is 2.26. The zero-order valence-electron chi connectivity index (χ0n) is 10.1. The fourth-order valence-electron chi connectivity index (χ4n) is 1.95. The molecule has 0 heterocycles. The van der Waals surface area contributed by atoms with Crippen LogP contribution in [0.5, 0.6) is 0 Å². The molecular formula is C12H22O4. The summed E-state index contributed by atoms with van der Waals surface area (Å²) in [6.45, 7) is 4.07. The van der Waals surface area contributed by atoms with E-state index in [1.807, 2.05) is 0 Å². The summed E-state index contributed by atoms with van der Waals surface area (Å²) in [6, 6.07) is 0. The van der Waals surface area contributed by atoms with Crippen LogP contribution in [0, 0.1) is 5.92 Å². The molecule has 16 heavy (non-hydrogen) atoms. The summed E-state index contributed by atoms with van der Waals surface area (Å²) in [5.41, 5.74) is -0.682. The lowest BCUT2D eigenvalue weighted by atomic mass is 9.87. The van der Waals surface area contributed by atoms with Crippen LogP contribution in [-0.2, 0) is 9.53 Å². The van der Waals surface area contributed by atoms with Crippen LogP contribution >= 0.6 is 0 Å². The van der Waals surface area contributed by atoms with Gasteiger partial charge in [-0.2, -0.15) is 0 Å². The monoisotopic (exact) mass is 230 g/mol. The molecule has 2 N–H and O–H groups in total. The van der Waals surface area contributed by atoms with E-state index >= 15 is 0 Å². The van der Waals surface area contributed by atoms with E-state index in [2.05, 4.69) is 0 Å². The van der Waals surface area contributed by atoms with E-state index in [1.54, 1.807) is 13.8 Å². The molecule has 0 saturated heterocycles. The highest BCUT2D eigenvalue weighted by Gasteiger charge is 2.26. The van der Waals surface area contributed by atoms with Crippen molar-refractivity contribution in [2.75, 3.05) is 6.61 Å². The molecule has 0 aromatic rings. The Hall–Kier alpha value is -0.610. The molecule has 1 aliphatic carbocycles. The maximum Gasteiger partial charge on any atom is 0.306 e. The maximum absolute atomic E-state index is 10.7. The van der Waals surface area contributed by atoms with Crippen molar-refractivity contribution < 1.29 is 19.7 Å². The Kier molecular flexibility index (Phi) is 4.74. The summed E-state index contributed by atoms with van der Waals surface area (Å²) in [5.74, 6) is -0.871. The first-order valence-corrected chi connectivity index (χ1v) is 5.95. The van der Waals surface area contributed by atoms with E-state index in [1.165, 1.54) is 0 Å². The molecule has 0 amide bonds. The molecule has 0 bridgehead atoms. The Morgan fingerprint density at radius 2 is 1.88 bits per heavy atom. The molecule has 0 spiro atoms. The van der Waals surface area contributed by atoms with Gasteiger partial charge in [-0.05, 0) is 46.0 Å². The van der Waals surface area contributed by atoms with E-state index in [4.69, 9.17) is 9.84 Å².